The molecule has 0 bridgehead atoms. The lowest BCUT2D eigenvalue weighted by Gasteiger charge is -2.07. The van der Waals surface area contributed by atoms with E-state index in [1.807, 2.05) is 38.1 Å². The van der Waals surface area contributed by atoms with Gasteiger partial charge in [-0.3, -0.25) is 0 Å². The molecule has 0 fully saturated rings. The van der Waals surface area contributed by atoms with Gasteiger partial charge < -0.3 is 5.73 Å². The largest absolute Gasteiger partial charge is 0.384 e. The molecule has 3 aromatic rings. The van der Waals surface area contributed by atoms with Gasteiger partial charge in [-0.2, -0.15) is 9.78 Å². The Kier molecular flexibility index (Phi) is 2.26. The van der Waals surface area contributed by atoms with E-state index in [0.717, 1.165) is 22.2 Å². The molecule has 2 aromatic heterocycles. The van der Waals surface area contributed by atoms with Crippen LogP contribution in [0.2, 0.25) is 0 Å². The second-order valence-corrected chi connectivity index (χ2v) is 4.29. The highest BCUT2D eigenvalue weighted by atomic mass is 15.3. The number of anilines is 1. The molecule has 0 radical (unpaired) electrons. The lowest BCUT2D eigenvalue weighted by molar-refractivity contribution is 0.845. The number of para-hydroxylation sites is 1. The zero-order valence-corrected chi connectivity index (χ0v) is 10.3. The average Bonchev–Trinajstić information content (AvgIpc) is 2.68. The van der Waals surface area contributed by atoms with Gasteiger partial charge in [-0.1, -0.05) is 12.1 Å². The third-order valence-electron chi connectivity index (χ3n) is 2.91. The van der Waals surface area contributed by atoms with E-state index in [1.54, 1.807) is 11.0 Å². The number of nitrogens with zero attached hydrogens (tertiary/aromatic N) is 4. The van der Waals surface area contributed by atoms with E-state index in [9.17, 15) is 0 Å². The predicted octanol–water partition coefficient (Wildman–Crippen LogP) is 2.01. The van der Waals surface area contributed by atoms with Crippen molar-refractivity contribution < 1.29 is 0 Å². The summed E-state index contributed by atoms with van der Waals surface area (Å²) in [5, 5.41) is 5.31. The SMILES string of the molecule is Cc1cc(N)n(-c2ncnc3c(C)cccc23)n1. The molecule has 0 amide bonds. The molecule has 0 aliphatic carbocycles. The van der Waals surface area contributed by atoms with E-state index < -0.39 is 0 Å². The second-order valence-electron chi connectivity index (χ2n) is 4.29. The summed E-state index contributed by atoms with van der Waals surface area (Å²) in [4.78, 5) is 8.61. The molecule has 0 atom stereocenters. The van der Waals surface area contributed by atoms with E-state index in [1.165, 1.54) is 0 Å². The molecule has 18 heavy (non-hydrogen) atoms. The van der Waals surface area contributed by atoms with Crippen LogP contribution < -0.4 is 5.73 Å². The molecule has 5 nitrogen and oxygen atoms in total. The monoisotopic (exact) mass is 239 g/mol. The average molecular weight is 239 g/mol. The summed E-state index contributed by atoms with van der Waals surface area (Å²) in [7, 11) is 0. The van der Waals surface area contributed by atoms with Crippen LogP contribution >= 0.6 is 0 Å². The van der Waals surface area contributed by atoms with Crippen molar-refractivity contribution in [1.82, 2.24) is 19.7 Å². The maximum atomic E-state index is 5.94. The molecule has 2 heterocycles. The van der Waals surface area contributed by atoms with E-state index in [4.69, 9.17) is 5.73 Å². The van der Waals surface area contributed by atoms with Gasteiger partial charge in [0.25, 0.3) is 0 Å². The van der Waals surface area contributed by atoms with Crippen molar-refractivity contribution in [3.8, 4) is 5.82 Å². The highest BCUT2D eigenvalue weighted by molar-refractivity contribution is 5.87. The van der Waals surface area contributed by atoms with Gasteiger partial charge in [0.1, 0.15) is 12.1 Å². The minimum Gasteiger partial charge on any atom is -0.384 e. The molecule has 0 saturated carbocycles. The maximum absolute atomic E-state index is 5.94. The van der Waals surface area contributed by atoms with Crippen LogP contribution in [0.25, 0.3) is 16.7 Å². The van der Waals surface area contributed by atoms with Crippen molar-refractivity contribution in [1.29, 1.82) is 0 Å². The molecule has 0 unspecified atom stereocenters. The molecule has 5 heteroatoms. The van der Waals surface area contributed by atoms with Gasteiger partial charge in [0.2, 0.25) is 0 Å². The Morgan fingerprint density at radius 2 is 2.00 bits per heavy atom. The van der Waals surface area contributed by atoms with E-state index in [0.29, 0.717) is 11.6 Å². The Morgan fingerprint density at radius 3 is 2.72 bits per heavy atom. The minimum atomic E-state index is 0.578. The summed E-state index contributed by atoms with van der Waals surface area (Å²) in [5.74, 6) is 1.29. The van der Waals surface area contributed by atoms with Crippen LogP contribution in [-0.4, -0.2) is 19.7 Å². The number of rotatable bonds is 1. The quantitative estimate of drug-likeness (QED) is 0.705. The topological polar surface area (TPSA) is 69.6 Å². The molecule has 0 saturated heterocycles. The molecule has 0 spiro atoms. The Bertz CT molecular complexity index is 729. The molecule has 2 N–H and O–H groups in total. The standard InChI is InChI=1S/C13H13N5/c1-8-4-3-5-10-12(8)15-7-16-13(10)18-11(14)6-9(2)17-18/h3-7H,14H2,1-2H3. The van der Waals surface area contributed by atoms with Crippen molar-refractivity contribution in [2.75, 3.05) is 5.73 Å². The van der Waals surface area contributed by atoms with Gasteiger partial charge in [0, 0.05) is 11.5 Å². The number of nitrogens with two attached hydrogens (primary N) is 1. The Labute approximate surface area is 104 Å². The summed E-state index contributed by atoms with van der Waals surface area (Å²) in [6.07, 6.45) is 1.54. The van der Waals surface area contributed by atoms with Gasteiger partial charge in [0.15, 0.2) is 5.82 Å². The fourth-order valence-electron chi connectivity index (χ4n) is 2.08. The molecule has 1 aromatic carbocycles. The van der Waals surface area contributed by atoms with E-state index in [-0.39, 0.29) is 0 Å². The highest BCUT2D eigenvalue weighted by Gasteiger charge is 2.10. The normalized spacial score (nSPS) is 11.0. The van der Waals surface area contributed by atoms with Gasteiger partial charge in [-0.25, -0.2) is 9.97 Å². The van der Waals surface area contributed by atoms with Crippen molar-refractivity contribution >= 4 is 16.7 Å². The van der Waals surface area contributed by atoms with Gasteiger partial charge in [0.05, 0.1) is 11.2 Å². The van der Waals surface area contributed by atoms with Gasteiger partial charge in [-0.15, -0.1) is 0 Å². The van der Waals surface area contributed by atoms with Crippen molar-refractivity contribution in [3.05, 3.63) is 41.9 Å². The number of hydrogen-bond donors (Lipinski definition) is 1. The zero-order valence-electron chi connectivity index (χ0n) is 10.3. The third-order valence-corrected chi connectivity index (χ3v) is 2.91. The minimum absolute atomic E-state index is 0.578. The molecule has 3 rings (SSSR count). The first-order valence-electron chi connectivity index (χ1n) is 5.69. The first kappa shape index (κ1) is 10.7. The zero-order chi connectivity index (χ0) is 12.7. The van der Waals surface area contributed by atoms with E-state index >= 15 is 0 Å². The molecule has 90 valence electrons. The summed E-state index contributed by atoms with van der Waals surface area (Å²) in [6.45, 7) is 3.93. The number of aryl methyl sites for hydroxylation is 2. The fourth-order valence-corrected chi connectivity index (χ4v) is 2.08. The molecular weight excluding hydrogens is 226 g/mol. The molecule has 0 aliphatic heterocycles. The number of fused-ring (bicyclic) bond motifs is 1. The third kappa shape index (κ3) is 1.52. The molecule has 0 aliphatic rings. The predicted molar refractivity (Wildman–Crippen MR) is 70.5 cm³/mol. The van der Waals surface area contributed by atoms with Crippen LogP contribution in [0.5, 0.6) is 0 Å². The fraction of sp³-hybridized carbons (Fsp3) is 0.154. The Hall–Kier alpha value is -2.43. The van der Waals surface area contributed by atoms with Crippen molar-refractivity contribution in [3.63, 3.8) is 0 Å². The Balaban J connectivity index is 2.36. The van der Waals surface area contributed by atoms with Crippen LogP contribution in [0, 0.1) is 13.8 Å². The van der Waals surface area contributed by atoms with Crippen molar-refractivity contribution in [2.24, 2.45) is 0 Å². The van der Waals surface area contributed by atoms with Crippen LogP contribution in [0.3, 0.4) is 0 Å². The summed E-state index contributed by atoms with van der Waals surface area (Å²) < 4.78 is 1.65. The summed E-state index contributed by atoms with van der Waals surface area (Å²) in [5.41, 5.74) is 8.85. The molecular formula is C13H13N5. The van der Waals surface area contributed by atoms with Crippen LogP contribution in [0.4, 0.5) is 5.82 Å². The maximum Gasteiger partial charge on any atom is 0.166 e. The number of aromatic nitrogens is 4. The van der Waals surface area contributed by atoms with Crippen molar-refractivity contribution in [2.45, 2.75) is 13.8 Å². The highest BCUT2D eigenvalue weighted by Crippen LogP contribution is 2.22. The second kappa shape index (κ2) is 3.80. The first-order chi connectivity index (χ1) is 8.66. The smallest absolute Gasteiger partial charge is 0.166 e. The summed E-state index contributed by atoms with van der Waals surface area (Å²) >= 11 is 0. The number of benzene rings is 1. The van der Waals surface area contributed by atoms with Gasteiger partial charge >= 0.3 is 0 Å². The van der Waals surface area contributed by atoms with Gasteiger partial charge in [-0.05, 0) is 25.5 Å². The number of hydrogen-bond acceptors (Lipinski definition) is 4. The lowest BCUT2D eigenvalue weighted by atomic mass is 10.1. The van der Waals surface area contributed by atoms with Crippen LogP contribution in [0.1, 0.15) is 11.3 Å². The summed E-state index contributed by atoms with van der Waals surface area (Å²) in [6, 6.07) is 7.81. The Morgan fingerprint density at radius 1 is 1.17 bits per heavy atom. The van der Waals surface area contributed by atoms with Crippen LogP contribution in [-0.2, 0) is 0 Å². The lowest BCUT2D eigenvalue weighted by Crippen LogP contribution is -2.05. The van der Waals surface area contributed by atoms with E-state index in [2.05, 4.69) is 15.1 Å². The number of nitrogen functional groups attached to an aromatic ring is 1. The first-order valence-corrected chi connectivity index (χ1v) is 5.69. The van der Waals surface area contributed by atoms with Crippen LogP contribution in [0.15, 0.2) is 30.6 Å².